The number of rotatable bonds is 2. The predicted octanol–water partition coefficient (Wildman–Crippen LogP) is 4.61. The lowest BCUT2D eigenvalue weighted by Crippen LogP contribution is -2.20. The number of hydrogen-bond acceptors (Lipinski definition) is 3. The summed E-state index contributed by atoms with van der Waals surface area (Å²) < 4.78 is 15.4. The molecule has 1 saturated carbocycles. The van der Waals surface area contributed by atoms with Gasteiger partial charge in [-0.3, -0.25) is 4.79 Å². The van der Waals surface area contributed by atoms with Crippen molar-refractivity contribution in [1.29, 1.82) is 0 Å². The third-order valence-corrected chi connectivity index (χ3v) is 6.40. The van der Waals surface area contributed by atoms with Crippen molar-refractivity contribution in [3.63, 3.8) is 0 Å². The van der Waals surface area contributed by atoms with E-state index in [0.29, 0.717) is 11.8 Å². The molecular weight excluding hydrogens is 337 g/mol. The van der Waals surface area contributed by atoms with Crippen molar-refractivity contribution < 1.29 is 9.18 Å². The van der Waals surface area contributed by atoms with Crippen molar-refractivity contribution >= 4 is 23.5 Å². The molecule has 2 heterocycles. The van der Waals surface area contributed by atoms with Gasteiger partial charge in [-0.25, -0.2) is 9.07 Å². The van der Waals surface area contributed by atoms with Crippen LogP contribution in [0.4, 0.5) is 10.2 Å². The fourth-order valence-corrected chi connectivity index (χ4v) is 5.09. The Morgan fingerprint density at radius 1 is 1.20 bits per heavy atom. The molecule has 4 rings (SSSR count). The minimum Gasteiger partial charge on any atom is -0.310 e. The van der Waals surface area contributed by atoms with E-state index in [1.54, 1.807) is 11.8 Å². The number of carbonyl (C=O) groups is 1. The number of hydrogen-bond donors (Lipinski definition) is 1. The summed E-state index contributed by atoms with van der Waals surface area (Å²) in [6.07, 6.45) is 5.92. The maximum atomic E-state index is 13.3. The summed E-state index contributed by atoms with van der Waals surface area (Å²) in [5, 5.41) is 7.88. The topological polar surface area (TPSA) is 46.9 Å². The largest absolute Gasteiger partial charge is 0.310 e. The summed E-state index contributed by atoms with van der Waals surface area (Å²) in [6.45, 7) is 2.01. The summed E-state index contributed by atoms with van der Waals surface area (Å²) in [6, 6.07) is 6.94. The van der Waals surface area contributed by atoms with Crippen LogP contribution in [0, 0.1) is 12.7 Å². The zero-order valence-electron chi connectivity index (χ0n) is 14.3. The first kappa shape index (κ1) is 16.6. The number of anilines is 1. The van der Waals surface area contributed by atoms with Gasteiger partial charge in [0.1, 0.15) is 11.6 Å². The molecule has 1 atom stereocenters. The molecule has 2 aromatic rings. The number of nitrogens with zero attached hydrogens (tertiary/aromatic N) is 2. The predicted molar refractivity (Wildman–Crippen MR) is 98.4 cm³/mol. The van der Waals surface area contributed by atoms with E-state index in [2.05, 4.69) is 5.32 Å². The van der Waals surface area contributed by atoms with Crippen LogP contribution < -0.4 is 5.32 Å². The van der Waals surface area contributed by atoms with Crippen molar-refractivity contribution in [1.82, 2.24) is 9.78 Å². The number of nitrogens with one attached hydrogen (secondary N) is 1. The molecule has 1 fully saturated rings. The lowest BCUT2D eigenvalue weighted by atomic mass is 9.95. The van der Waals surface area contributed by atoms with E-state index >= 15 is 0 Å². The fraction of sp³-hybridized carbons (Fsp3) is 0.474. The summed E-state index contributed by atoms with van der Waals surface area (Å²) in [5.74, 6) is 0.994. The molecule has 1 N–H and O–H groups in total. The molecule has 0 bridgehead atoms. The van der Waals surface area contributed by atoms with Crippen molar-refractivity contribution in [2.24, 2.45) is 0 Å². The first-order valence-electron chi connectivity index (χ1n) is 8.89. The van der Waals surface area contributed by atoms with Gasteiger partial charge in [0.05, 0.1) is 22.7 Å². The number of halogens is 1. The maximum Gasteiger partial charge on any atom is 0.235 e. The van der Waals surface area contributed by atoms with Crippen LogP contribution in [0.2, 0.25) is 0 Å². The van der Waals surface area contributed by atoms with Gasteiger partial charge in [0.25, 0.3) is 0 Å². The average molecular weight is 359 g/mol. The lowest BCUT2D eigenvalue weighted by Gasteiger charge is -2.24. The first-order chi connectivity index (χ1) is 12.1. The van der Waals surface area contributed by atoms with Crippen molar-refractivity contribution in [3.05, 3.63) is 46.9 Å². The van der Waals surface area contributed by atoms with Gasteiger partial charge in [0, 0.05) is 5.56 Å². The highest BCUT2D eigenvalue weighted by Gasteiger charge is 2.32. The van der Waals surface area contributed by atoms with E-state index in [1.165, 1.54) is 31.4 Å². The third-order valence-electron chi connectivity index (χ3n) is 5.13. The lowest BCUT2D eigenvalue weighted by molar-refractivity contribution is -0.113. The minimum atomic E-state index is -0.244. The fourth-order valence-electron chi connectivity index (χ4n) is 3.90. The highest BCUT2D eigenvalue weighted by atomic mass is 32.2. The maximum absolute atomic E-state index is 13.3. The van der Waals surface area contributed by atoms with Crippen LogP contribution in [0.25, 0.3) is 0 Å². The smallest absolute Gasteiger partial charge is 0.235 e. The van der Waals surface area contributed by atoms with E-state index in [9.17, 15) is 9.18 Å². The van der Waals surface area contributed by atoms with Gasteiger partial charge in [0.2, 0.25) is 5.91 Å². The number of fused-ring (bicyclic) bond motifs is 1. The Labute approximate surface area is 151 Å². The monoisotopic (exact) mass is 359 g/mol. The van der Waals surface area contributed by atoms with Crippen LogP contribution >= 0.6 is 11.8 Å². The summed E-state index contributed by atoms with van der Waals surface area (Å²) in [4.78, 5) is 12.3. The van der Waals surface area contributed by atoms with E-state index in [0.717, 1.165) is 35.5 Å². The molecule has 0 radical (unpaired) electrons. The summed E-state index contributed by atoms with van der Waals surface area (Å²) in [7, 11) is 0. The Morgan fingerprint density at radius 3 is 2.64 bits per heavy atom. The van der Waals surface area contributed by atoms with Crippen LogP contribution in [0.5, 0.6) is 0 Å². The van der Waals surface area contributed by atoms with Crippen LogP contribution in [0.1, 0.15) is 60.2 Å². The Hall–Kier alpha value is -1.82. The number of aryl methyl sites for hydroxylation is 1. The molecule has 6 heteroatoms. The second-order valence-corrected chi connectivity index (χ2v) is 7.97. The molecule has 25 heavy (non-hydrogen) atoms. The molecule has 0 spiro atoms. The van der Waals surface area contributed by atoms with Crippen molar-refractivity contribution in [3.8, 4) is 0 Å². The number of benzene rings is 1. The average Bonchev–Trinajstić information content (AvgIpc) is 2.83. The van der Waals surface area contributed by atoms with Gasteiger partial charge in [-0.1, -0.05) is 31.4 Å². The molecule has 1 aliphatic carbocycles. The van der Waals surface area contributed by atoms with Crippen LogP contribution in [-0.4, -0.2) is 21.4 Å². The Balaban J connectivity index is 1.79. The van der Waals surface area contributed by atoms with Gasteiger partial charge >= 0.3 is 0 Å². The molecule has 1 aliphatic heterocycles. The zero-order valence-corrected chi connectivity index (χ0v) is 15.1. The first-order valence-corrected chi connectivity index (χ1v) is 9.94. The highest BCUT2D eigenvalue weighted by molar-refractivity contribution is 8.00. The molecule has 2 aliphatic rings. The van der Waals surface area contributed by atoms with Gasteiger partial charge in [-0.15, -0.1) is 11.8 Å². The van der Waals surface area contributed by atoms with Gasteiger partial charge < -0.3 is 5.32 Å². The van der Waals surface area contributed by atoms with E-state index in [4.69, 9.17) is 5.10 Å². The molecule has 1 aromatic heterocycles. The Bertz CT molecular complexity index is 781. The van der Waals surface area contributed by atoms with Gasteiger partial charge in [-0.2, -0.15) is 5.10 Å². The molecule has 132 valence electrons. The van der Waals surface area contributed by atoms with Gasteiger partial charge in [-0.05, 0) is 37.5 Å². The molecule has 4 nitrogen and oxygen atoms in total. The Morgan fingerprint density at radius 2 is 1.92 bits per heavy atom. The SMILES string of the molecule is Cc1nn(C2CCCCC2)c2c1[C@H](c1ccc(F)cc1)SCC(=O)N2. The molecule has 1 amide bonds. The quantitative estimate of drug-likeness (QED) is 0.852. The summed E-state index contributed by atoms with van der Waals surface area (Å²) >= 11 is 1.58. The normalized spacial score (nSPS) is 21.5. The third kappa shape index (κ3) is 3.19. The second kappa shape index (κ2) is 6.83. The molecule has 0 saturated heterocycles. The van der Waals surface area contributed by atoms with Crippen LogP contribution in [0.15, 0.2) is 24.3 Å². The minimum absolute atomic E-state index is 0.00724. The number of amides is 1. The number of thioether (sulfide) groups is 1. The van der Waals surface area contributed by atoms with Gasteiger partial charge in [0.15, 0.2) is 0 Å². The molecule has 1 aromatic carbocycles. The molecular formula is C19H22FN3OS. The number of carbonyl (C=O) groups excluding carboxylic acids is 1. The Kier molecular flexibility index (Phi) is 4.54. The summed E-state index contributed by atoms with van der Waals surface area (Å²) in [5.41, 5.74) is 3.02. The second-order valence-electron chi connectivity index (χ2n) is 6.87. The van der Waals surface area contributed by atoms with E-state index < -0.39 is 0 Å². The van der Waals surface area contributed by atoms with Crippen molar-refractivity contribution in [2.75, 3.05) is 11.1 Å². The van der Waals surface area contributed by atoms with Crippen molar-refractivity contribution in [2.45, 2.75) is 50.3 Å². The highest BCUT2D eigenvalue weighted by Crippen LogP contribution is 2.44. The van der Waals surface area contributed by atoms with E-state index in [1.807, 2.05) is 23.7 Å². The van der Waals surface area contributed by atoms with Crippen LogP contribution in [0.3, 0.4) is 0 Å². The molecule has 0 unspecified atom stereocenters. The van der Waals surface area contributed by atoms with Crippen LogP contribution in [-0.2, 0) is 4.79 Å². The number of aromatic nitrogens is 2. The standard InChI is InChI=1S/C19H22FN3OS/c1-12-17-18(13-7-9-14(20)10-8-13)25-11-16(24)21-19(17)23(22-12)15-5-3-2-4-6-15/h7-10,15,18H,2-6,11H2,1H3,(H,21,24)/t18-/m0/s1. The van der Waals surface area contributed by atoms with E-state index in [-0.39, 0.29) is 17.0 Å². The zero-order chi connectivity index (χ0) is 17.4.